The number of halogens is 3. The van der Waals surface area contributed by atoms with Gasteiger partial charge in [0.15, 0.2) is 5.65 Å². The van der Waals surface area contributed by atoms with E-state index in [1.807, 2.05) is 0 Å². The molecular weight excluding hydrogens is 427 g/mol. The number of fused-ring (bicyclic) bond motifs is 1. The van der Waals surface area contributed by atoms with Gasteiger partial charge in [-0.2, -0.15) is 0 Å². The molecule has 0 atom stereocenters. The third-order valence-corrected chi connectivity index (χ3v) is 6.48. The predicted octanol–water partition coefficient (Wildman–Crippen LogP) is 3.91. The zero-order valence-electron chi connectivity index (χ0n) is 11.6. The molecule has 1 N–H and O–H groups in total. The smallest absolute Gasteiger partial charge is 0.263 e. The molecule has 23 heavy (non-hydrogen) atoms. The van der Waals surface area contributed by atoms with Crippen LogP contribution in [0, 0.1) is 6.92 Å². The summed E-state index contributed by atoms with van der Waals surface area (Å²) in [6.45, 7) is 1.77. The summed E-state index contributed by atoms with van der Waals surface area (Å²) in [7, 11) is -3.94. The molecule has 0 spiro atoms. The Labute approximate surface area is 150 Å². The molecule has 3 rings (SSSR count). The van der Waals surface area contributed by atoms with E-state index in [0.717, 1.165) is 0 Å². The SMILES string of the molecule is Cc1ccn2cnnc2c1NS(=O)(=O)c1ccc(Br)c(Cl)c1Cl. The summed E-state index contributed by atoms with van der Waals surface area (Å²) in [6.07, 6.45) is 3.22. The molecule has 0 aliphatic rings. The minimum atomic E-state index is -3.94. The number of nitrogens with one attached hydrogen (secondary N) is 1. The summed E-state index contributed by atoms with van der Waals surface area (Å²) < 4.78 is 30.0. The highest BCUT2D eigenvalue weighted by atomic mass is 79.9. The molecule has 0 saturated carbocycles. The van der Waals surface area contributed by atoms with Crippen LogP contribution in [0.15, 0.2) is 40.1 Å². The van der Waals surface area contributed by atoms with E-state index in [1.165, 1.54) is 18.5 Å². The number of pyridine rings is 1. The van der Waals surface area contributed by atoms with Crippen LogP contribution < -0.4 is 4.72 Å². The molecule has 0 unspecified atom stereocenters. The Bertz CT molecular complexity index is 1020. The second kappa shape index (κ2) is 5.94. The molecule has 0 aliphatic heterocycles. The maximum absolute atomic E-state index is 12.7. The van der Waals surface area contributed by atoms with Gasteiger partial charge in [0.25, 0.3) is 10.0 Å². The molecule has 0 saturated heterocycles. The van der Waals surface area contributed by atoms with Crippen LogP contribution in [0.25, 0.3) is 5.65 Å². The predicted molar refractivity (Wildman–Crippen MR) is 92.7 cm³/mol. The van der Waals surface area contributed by atoms with Crippen molar-refractivity contribution in [3.63, 3.8) is 0 Å². The highest BCUT2D eigenvalue weighted by Crippen LogP contribution is 2.36. The van der Waals surface area contributed by atoms with Crippen LogP contribution in [0.5, 0.6) is 0 Å². The van der Waals surface area contributed by atoms with Gasteiger partial charge in [0, 0.05) is 10.7 Å². The van der Waals surface area contributed by atoms with Crippen molar-refractivity contribution in [3.05, 3.63) is 50.8 Å². The third-order valence-electron chi connectivity index (χ3n) is 3.20. The Balaban J connectivity index is 2.13. The number of nitrogens with zero attached hydrogens (tertiary/aromatic N) is 3. The number of aromatic nitrogens is 3. The van der Waals surface area contributed by atoms with E-state index < -0.39 is 10.0 Å². The van der Waals surface area contributed by atoms with Gasteiger partial charge in [-0.25, -0.2) is 8.42 Å². The molecule has 10 heteroatoms. The largest absolute Gasteiger partial charge is 0.287 e. The summed E-state index contributed by atoms with van der Waals surface area (Å²) in [4.78, 5) is -0.117. The van der Waals surface area contributed by atoms with Crippen molar-refractivity contribution in [3.8, 4) is 0 Å². The van der Waals surface area contributed by atoms with Crippen molar-refractivity contribution in [2.45, 2.75) is 11.8 Å². The number of anilines is 1. The lowest BCUT2D eigenvalue weighted by molar-refractivity contribution is 0.601. The summed E-state index contributed by atoms with van der Waals surface area (Å²) in [6, 6.07) is 4.65. The molecule has 3 aromatic rings. The van der Waals surface area contributed by atoms with Gasteiger partial charge >= 0.3 is 0 Å². The third kappa shape index (κ3) is 2.91. The van der Waals surface area contributed by atoms with Crippen LogP contribution in [0.4, 0.5) is 5.69 Å². The molecule has 0 amide bonds. The van der Waals surface area contributed by atoms with Crippen molar-refractivity contribution in [2.75, 3.05) is 4.72 Å². The number of aryl methyl sites for hydroxylation is 1. The summed E-state index contributed by atoms with van der Waals surface area (Å²) in [5.74, 6) is 0. The fraction of sp³-hybridized carbons (Fsp3) is 0.0769. The Morgan fingerprint density at radius 2 is 1.96 bits per heavy atom. The van der Waals surface area contributed by atoms with Gasteiger partial charge in [-0.3, -0.25) is 9.12 Å². The van der Waals surface area contributed by atoms with E-state index in [4.69, 9.17) is 23.2 Å². The molecule has 0 aliphatic carbocycles. The zero-order chi connectivity index (χ0) is 16.8. The summed E-state index contributed by atoms with van der Waals surface area (Å²) in [5, 5.41) is 7.78. The summed E-state index contributed by atoms with van der Waals surface area (Å²) in [5.41, 5.74) is 1.43. The standard InChI is InChI=1S/C13H9BrCl2N4O2S/c1-7-4-5-20-6-17-18-13(20)12(7)19-23(21,22)9-3-2-8(14)10(15)11(9)16/h2-6,19H,1H3. The van der Waals surface area contributed by atoms with Crippen LogP contribution in [0.1, 0.15) is 5.56 Å². The van der Waals surface area contributed by atoms with Gasteiger partial charge < -0.3 is 0 Å². The molecule has 120 valence electrons. The minimum absolute atomic E-state index is 0.0559. The van der Waals surface area contributed by atoms with Crippen LogP contribution in [0.3, 0.4) is 0 Å². The molecule has 1 aromatic carbocycles. The first-order valence-corrected chi connectivity index (χ1v) is 9.30. The van der Waals surface area contributed by atoms with Crippen molar-refractivity contribution < 1.29 is 8.42 Å². The molecule has 6 nitrogen and oxygen atoms in total. The molecule has 0 radical (unpaired) electrons. The topological polar surface area (TPSA) is 76.4 Å². The monoisotopic (exact) mass is 434 g/mol. The molecule has 0 fully saturated rings. The van der Waals surface area contributed by atoms with E-state index in [-0.39, 0.29) is 14.9 Å². The highest BCUT2D eigenvalue weighted by Gasteiger charge is 2.23. The van der Waals surface area contributed by atoms with E-state index in [2.05, 4.69) is 30.8 Å². The Morgan fingerprint density at radius 3 is 2.70 bits per heavy atom. The molecular formula is C13H9BrCl2N4O2S. The van der Waals surface area contributed by atoms with Gasteiger partial charge in [0.05, 0.1) is 15.7 Å². The second-order valence-electron chi connectivity index (χ2n) is 4.71. The lowest BCUT2D eigenvalue weighted by Gasteiger charge is -2.13. The van der Waals surface area contributed by atoms with Gasteiger partial charge in [-0.05, 0) is 46.6 Å². The van der Waals surface area contributed by atoms with Gasteiger partial charge in [0.2, 0.25) is 0 Å². The number of sulfonamides is 1. The van der Waals surface area contributed by atoms with Crippen molar-refractivity contribution in [1.82, 2.24) is 14.6 Å². The van der Waals surface area contributed by atoms with Crippen molar-refractivity contribution >= 4 is 60.5 Å². The molecule has 0 bridgehead atoms. The molecule has 2 aromatic heterocycles. The van der Waals surface area contributed by atoms with Crippen molar-refractivity contribution in [2.24, 2.45) is 0 Å². The maximum atomic E-state index is 12.7. The first-order valence-electron chi connectivity index (χ1n) is 6.26. The molecule has 2 heterocycles. The normalized spacial score (nSPS) is 11.8. The van der Waals surface area contributed by atoms with Crippen LogP contribution in [0.2, 0.25) is 10.0 Å². The Hall–Kier alpha value is -1.35. The Kier molecular flexibility index (Phi) is 4.26. The highest BCUT2D eigenvalue weighted by molar-refractivity contribution is 9.10. The van der Waals surface area contributed by atoms with E-state index in [9.17, 15) is 8.42 Å². The van der Waals surface area contributed by atoms with E-state index in [1.54, 1.807) is 23.6 Å². The lowest BCUT2D eigenvalue weighted by atomic mass is 10.2. The first-order chi connectivity index (χ1) is 10.8. The maximum Gasteiger partial charge on any atom is 0.263 e. The van der Waals surface area contributed by atoms with Gasteiger partial charge in [0.1, 0.15) is 11.2 Å². The van der Waals surface area contributed by atoms with Crippen molar-refractivity contribution in [1.29, 1.82) is 0 Å². The first kappa shape index (κ1) is 16.5. The summed E-state index contributed by atoms with van der Waals surface area (Å²) >= 11 is 15.3. The van der Waals surface area contributed by atoms with E-state index in [0.29, 0.717) is 21.4 Å². The van der Waals surface area contributed by atoms with E-state index >= 15 is 0 Å². The van der Waals surface area contributed by atoms with Gasteiger partial charge in [-0.1, -0.05) is 23.2 Å². The Morgan fingerprint density at radius 1 is 1.22 bits per heavy atom. The zero-order valence-corrected chi connectivity index (χ0v) is 15.5. The fourth-order valence-electron chi connectivity index (χ4n) is 2.01. The number of rotatable bonds is 3. The fourth-order valence-corrected chi connectivity index (χ4v) is 4.36. The lowest BCUT2D eigenvalue weighted by Crippen LogP contribution is -2.15. The second-order valence-corrected chi connectivity index (χ2v) is 7.98. The minimum Gasteiger partial charge on any atom is -0.287 e. The average Bonchev–Trinajstić information content (AvgIpc) is 2.96. The van der Waals surface area contributed by atoms with Crippen LogP contribution in [-0.4, -0.2) is 23.0 Å². The van der Waals surface area contributed by atoms with Gasteiger partial charge in [-0.15, -0.1) is 10.2 Å². The number of hydrogen-bond acceptors (Lipinski definition) is 4. The van der Waals surface area contributed by atoms with Crippen LogP contribution >= 0.6 is 39.1 Å². The number of benzene rings is 1. The average molecular weight is 436 g/mol. The number of hydrogen-bond donors (Lipinski definition) is 1. The van der Waals surface area contributed by atoms with Crippen LogP contribution in [-0.2, 0) is 10.0 Å². The quantitative estimate of drug-likeness (QED) is 0.632.